The molecule has 1 saturated heterocycles. The fourth-order valence-corrected chi connectivity index (χ4v) is 5.53. The van der Waals surface area contributed by atoms with Crippen molar-refractivity contribution in [3.8, 4) is 0 Å². The largest absolute Gasteiger partial charge is 0.342 e. The van der Waals surface area contributed by atoms with Gasteiger partial charge in [-0.2, -0.15) is 4.31 Å². The second kappa shape index (κ2) is 9.59. The fraction of sp³-hybridized carbons (Fsp3) is 0.304. The number of aromatic nitrogens is 2. The molecular weight excluding hydrogens is 469 g/mol. The van der Waals surface area contributed by atoms with E-state index >= 15 is 0 Å². The van der Waals surface area contributed by atoms with Gasteiger partial charge in [0.2, 0.25) is 15.9 Å². The Morgan fingerprint density at radius 2 is 1.76 bits per heavy atom. The molecule has 0 spiro atoms. The lowest BCUT2D eigenvalue weighted by Gasteiger charge is -2.31. The van der Waals surface area contributed by atoms with Crippen molar-refractivity contribution in [2.45, 2.75) is 23.8 Å². The maximum atomic E-state index is 14.5. The van der Waals surface area contributed by atoms with Gasteiger partial charge in [-0.05, 0) is 37.1 Å². The number of nitrogens with zero attached hydrogens (tertiary/aromatic N) is 3. The number of benzene rings is 2. The van der Waals surface area contributed by atoms with Gasteiger partial charge in [-0.3, -0.25) is 4.79 Å². The third kappa shape index (κ3) is 4.71. The summed E-state index contributed by atoms with van der Waals surface area (Å²) >= 11 is 0. The zero-order valence-corrected chi connectivity index (χ0v) is 19.1. The Labute approximate surface area is 195 Å². The summed E-state index contributed by atoms with van der Waals surface area (Å²) in [5.74, 6) is -3.26. The smallest absolute Gasteiger partial charge is 0.243 e. The highest BCUT2D eigenvalue weighted by atomic mass is 32.2. The number of sulfonamides is 1. The lowest BCUT2D eigenvalue weighted by atomic mass is 9.96. The Kier molecular flexibility index (Phi) is 6.76. The van der Waals surface area contributed by atoms with Crippen LogP contribution in [0.5, 0.6) is 0 Å². The topological polar surface area (TPSA) is 84.3 Å². The molecule has 1 aromatic heterocycles. The van der Waals surface area contributed by atoms with E-state index in [9.17, 15) is 26.4 Å². The predicted molar refractivity (Wildman–Crippen MR) is 117 cm³/mol. The number of amides is 1. The number of imidazole rings is 1. The van der Waals surface area contributed by atoms with Crippen LogP contribution in [-0.2, 0) is 21.9 Å². The molecule has 1 unspecified atom stereocenters. The van der Waals surface area contributed by atoms with Gasteiger partial charge in [0.05, 0.1) is 4.90 Å². The first-order chi connectivity index (χ1) is 16.2. The molecule has 1 atom stereocenters. The van der Waals surface area contributed by atoms with E-state index in [0.29, 0.717) is 11.9 Å². The van der Waals surface area contributed by atoms with Gasteiger partial charge in [-0.1, -0.05) is 18.2 Å². The van der Waals surface area contributed by atoms with Crippen molar-refractivity contribution in [2.75, 3.05) is 13.1 Å². The fourth-order valence-electron chi connectivity index (χ4n) is 4.05. The Balaban J connectivity index is 1.47. The number of hydrogen-bond donors (Lipinski definition) is 1. The van der Waals surface area contributed by atoms with Gasteiger partial charge in [0.25, 0.3) is 0 Å². The first-order valence-electron chi connectivity index (χ1n) is 10.7. The normalized spacial score (nSPS) is 16.4. The van der Waals surface area contributed by atoms with Crippen LogP contribution in [0.3, 0.4) is 0 Å². The van der Waals surface area contributed by atoms with Gasteiger partial charge in [-0.15, -0.1) is 0 Å². The van der Waals surface area contributed by atoms with Crippen LogP contribution in [0.1, 0.15) is 30.3 Å². The number of piperidine rings is 1. The Morgan fingerprint density at radius 3 is 2.38 bits per heavy atom. The van der Waals surface area contributed by atoms with E-state index in [1.165, 1.54) is 6.07 Å². The molecule has 0 saturated carbocycles. The van der Waals surface area contributed by atoms with Crippen LogP contribution in [0.4, 0.5) is 13.2 Å². The van der Waals surface area contributed by atoms with Gasteiger partial charge >= 0.3 is 0 Å². The summed E-state index contributed by atoms with van der Waals surface area (Å²) in [4.78, 5) is 17.0. The van der Waals surface area contributed by atoms with Gasteiger partial charge < -0.3 is 9.88 Å². The number of carbonyl (C=O) groups excluding carboxylic acids is 1. The van der Waals surface area contributed by atoms with Crippen LogP contribution < -0.4 is 5.32 Å². The van der Waals surface area contributed by atoms with E-state index in [1.54, 1.807) is 42.2 Å². The summed E-state index contributed by atoms with van der Waals surface area (Å²) in [6.07, 6.45) is 3.69. The van der Waals surface area contributed by atoms with Crippen LogP contribution in [-0.4, -0.2) is 41.3 Å². The van der Waals surface area contributed by atoms with Crippen molar-refractivity contribution in [3.63, 3.8) is 0 Å². The second-order valence-corrected chi connectivity index (χ2v) is 10.1. The summed E-state index contributed by atoms with van der Waals surface area (Å²) < 4.78 is 69.7. The molecule has 4 rings (SSSR count). The summed E-state index contributed by atoms with van der Waals surface area (Å²) in [7, 11) is -2.29. The summed E-state index contributed by atoms with van der Waals surface area (Å²) in [5.41, 5.74) is 0.267. The van der Waals surface area contributed by atoms with Crippen molar-refractivity contribution in [2.24, 2.45) is 13.0 Å². The Bertz CT molecular complexity index is 1300. The molecule has 1 aliphatic heterocycles. The second-order valence-electron chi connectivity index (χ2n) is 8.11. The molecular formula is C23H23F3N4O3S. The van der Waals surface area contributed by atoms with Crippen LogP contribution >= 0.6 is 0 Å². The zero-order chi connectivity index (χ0) is 24.5. The lowest BCUT2D eigenvalue weighted by molar-refractivity contribution is -0.126. The zero-order valence-electron chi connectivity index (χ0n) is 18.3. The first kappa shape index (κ1) is 24.0. The molecule has 1 fully saturated rings. The monoisotopic (exact) mass is 492 g/mol. The average molecular weight is 493 g/mol. The number of aryl methyl sites for hydroxylation is 1. The number of carbonyl (C=O) groups is 1. The molecule has 2 heterocycles. The number of rotatable bonds is 6. The van der Waals surface area contributed by atoms with Crippen molar-refractivity contribution < 1.29 is 26.4 Å². The number of hydrogen-bond acceptors (Lipinski definition) is 4. The molecule has 7 nitrogen and oxygen atoms in total. The summed E-state index contributed by atoms with van der Waals surface area (Å²) in [6, 6.07) is 7.71. The van der Waals surface area contributed by atoms with Crippen LogP contribution in [0.15, 0.2) is 59.8 Å². The van der Waals surface area contributed by atoms with E-state index in [2.05, 4.69) is 10.3 Å². The van der Waals surface area contributed by atoms with Gasteiger partial charge in [-0.25, -0.2) is 26.6 Å². The number of halogens is 3. The van der Waals surface area contributed by atoms with Gasteiger partial charge in [0, 0.05) is 44.0 Å². The third-order valence-electron chi connectivity index (χ3n) is 5.97. The highest BCUT2D eigenvalue weighted by Crippen LogP contribution is 2.28. The SMILES string of the molecule is Cn1ccnc1C(NC(=O)C1CCN(S(=O)(=O)c2ccc(F)c(F)c2)CC1)c1ccccc1F. The molecule has 11 heteroatoms. The third-order valence-corrected chi connectivity index (χ3v) is 7.87. The van der Waals surface area contributed by atoms with E-state index in [1.807, 2.05) is 0 Å². The maximum Gasteiger partial charge on any atom is 0.243 e. The molecule has 1 amide bonds. The molecule has 1 aliphatic rings. The lowest BCUT2D eigenvalue weighted by Crippen LogP contribution is -2.44. The van der Waals surface area contributed by atoms with E-state index in [-0.39, 0.29) is 42.3 Å². The standard InChI is InChI=1S/C23H23F3N4O3S/c1-29-13-10-27-22(29)21(17-4-2-3-5-18(17)24)28-23(31)15-8-11-30(12-9-15)34(32,33)16-6-7-19(25)20(26)14-16/h2-7,10,13-15,21H,8-9,11-12H2,1H3,(H,28,31). The van der Waals surface area contributed by atoms with Gasteiger partial charge in [0.15, 0.2) is 11.6 Å². The van der Waals surface area contributed by atoms with Crippen LogP contribution in [0.2, 0.25) is 0 Å². The minimum Gasteiger partial charge on any atom is -0.342 e. The first-order valence-corrected chi connectivity index (χ1v) is 12.1. The highest BCUT2D eigenvalue weighted by Gasteiger charge is 2.34. The van der Waals surface area contributed by atoms with Crippen molar-refractivity contribution in [1.29, 1.82) is 0 Å². The molecule has 1 N–H and O–H groups in total. The quantitative estimate of drug-likeness (QED) is 0.573. The highest BCUT2D eigenvalue weighted by molar-refractivity contribution is 7.89. The predicted octanol–water partition coefficient (Wildman–Crippen LogP) is 3.14. The molecule has 34 heavy (non-hydrogen) atoms. The van der Waals surface area contributed by atoms with Gasteiger partial charge in [0.1, 0.15) is 17.7 Å². The van der Waals surface area contributed by atoms with Crippen LogP contribution in [0, 0.1) is 23.4 Å². The van der Waals surface area contributed by atoms with E-state index < -0.39 is 39.4 Å². The molecule has 0 aliphatic carbocycles. The van der Waals surface area contributed by atoms with E-state index in [4.69, 9.17) is 0 Å². The maximum absolute atomic E-state index is 14.5. The molecule has 3 aromatic rings. The molecule has 0 bridgehead atoms. The van der Waals surface area contributed by atoms with Crippen molar-refractivity contribution >= 4 is 15.9 Å². The summed E-state index contributed by atoms with van der Waals surface area (Å²) in [6.45, 7) is 0.0678. The molecule has 180 valence electrons. The van der Waals surface area contributed by atoms with Crippen molar-refractivity contribution in [3.05, 3.63) is 83.7 Å². The number of nitrogens with one attached hydrogen (secondary N) is 1. The minimum atomic E-state index is -4.03. The molecule has 2 aromatic carbocycles. The molecule has 0 radical (unpaired) electrons. The Hall–Kier alpha value is -3.18. The van der Waals surface area contributed by atoms with Crippen molar-refractivity contribution in [1.82, 2.24) is 19.2 Å². The van der Waals surface area contributed by atoms with E-state index in [0.717, 1.165) is 16.4 Å². The average Bonchev–Trinajstić information content (AvgIpc) is 3.25. The Morgan fingerprint density at radius 1 is 1.06 bits per heavy atom. The van der Waals surface area contributed by atoms with Crippen LogP contribution in [0.25, 0.3) is 0 Å². The summed E-state index contributed by atoms with van der Waals surface area (Å²) in [5, 5.41) is 2.86. The minimum absolute atomic E-state index is 0.0339.